The van der Waals surface area contributed by atoms with Crippen molar-refractivity contribution in [3.63, 3.8) is 0 Å². The maximum atomic E-state index is 12.7. The maximum Gasteiger partial charge on any atom is 0.407 e. The van der Waals surface area contributed by atoms with Gasteiger partial charge in [0.2, 0.25) is 0 Å². The van der Waals surface area contributed by atoms with E-state index in [9.17, 15) is 39.0 Å². The lowest BCUT2D eigenvalue weighted by molar-refractivity contribution is -0.141. The third kappa shape index (κ3) is 12.2. The molecule has 7 N–H and O–H groups in total. The number of urea groups is 1. The van der Waals surface area contributed by atoms with Crippen LogP contribution in [-0.4, -0.2) is 86.5 Å². The van der Waals surface area contributed by atoms with Gasteiger partial charge in [-0.15, -0.1) is 0 Å². The van der Waals surface area contributed by atoms with Gasteiger partial charge in [-0.2, -0.15) is 0 Å². The Bertz CT molecular complexity index is 942. The van der Waals surface area contributed by atoms with Crippen LogP contribution in [0.25, 0.3) is 0 Å². The van der Waals surface area contributed by atoms with Crippen LogP contribution < -0.4 is 16.1 Å². The van der Waals surface area contributed by atoms with Crippen LogP contribution in [0.5, 0.6) is 0 Å². The highest BCUT2D eigenvalue weighted by atomic mass is 16.5. The van der Waals surface area contributed by atoms with E-state index in [4.69, 9.17) is 15.1 Å². The molecule has 0 fully saturated rings. The fourth-order valence-corrected chi connectivity index (χ4v) is 3.16. The van der Waals surface area contributed by atoms with Gasteiger partial charge in [0.15, 0.2) is 0 Å². The van der Waals surface area contributed by atoms with Crippen molar-refractivity contribution >= 4 is 35.9 Å². The van der Waals surface area contributed by atoms with Crippen LogP contribution in [0.1, 0.15) is 37.7 Å². The Morgan fingerprint density at radius 3 is 2.16 bits per heavy atom. The number of aliphatic carboxylic acids is 3. The number of hydrogen-bond acceptors (Lipinski definition) is 8. The summed E-state index contributed by atoms with van der Waals surface area (Å²) in [6.45, 7) is -0.823. The number of carbonyl (C=O) groups excluding carboxylic acids is 3. The molecule has 0 saturated carbocycles. The molecule has 15 heteroatoms. The van der Waals surface area contributed by atoms with Crippen molar-refractivity contribution in [1.82, 2.24) is 21.0 Å². The summed E-state index contributed by atoms with van der Waals surface area (Å²) >= 11 is 0. The summed E-state index contributed by atoms with van der Waals surface area (Å²) in [4.78, 5) is 70.6. The fourth-order valence-electron chi connectivity index (χ4n) is 3.16. The Morgan fingerprint density at radius 1 is 0.919 bits per heavy atom. The maximum absolute atomic E-state index is 12.7. The predicted molar refractivity (Wildman–Crippen MR) is 123 cm³/mol. The number of carboxylic acids is 3. The van der Waals surface area contributed by atoms with Gasteiger partial charge in [-0.1, -0.05) is 30.3 Å². The van der Waals surface area contributed by atoms with Crippen LogP contribution in [0.2, 0.25) is 0 Å². The molecule has 0 saturated heterocycles. The normalized spacial score (nSPS) is 11.9. The quantitative estimate of drug-likeness (QED) is 0.0883. The average Bonchev–Trinajstić information content (AvgIpc) is 2.85. The summed E-state index contributed by atoms with van der Waals surface area (Å²) in [6.07, 6.45) is -1.43. The van der Waals surface area contributed by atoms with E-state index in [1.807, 2.05) is 11.4 Å². The van der Waals surface area contributed by atoms with Crippen LogP contribution in [-0.2, 0) is 30.5 Å². The highest BCUT2D eigenvalue weighted by Crippen LogP contribution is 2.12. The monoisotopic (exact) mass is 526 g/mol. The lowest BCUT2D eigenvalue weighted by atomic mass is 10.1. The van der Waals surface area contributed by atoms with Crippen LogP contribution in [0.4, 0.5) is 9.59 Å². The highest BCUT2D eigenvalue weighted by molar-refractivity contribution is 5.90. The first kappa shape index (κ1) is 30.6. The van der Waals surface area contributed by atoms with E-state index in [2.05, 4.69) is 5.32 Å². The van der Waals surface area contributed by atoms with Gasteiger partial charge >= 0.3 is 30.0 Å². The number of carboxylic acid groups (broad SMARTS) is 3. The third-order valence-electron chi connectivity index (χ3n) is 4.98. The number of nitrogens with one attached hydrogen (secondary N) is 3. The first-order valence-electron chi connectivity index (χ1n) is 11.2. The molecule has 2 atom stereocenters. The van der Waals surface area contributed by atoms with E-state index in [-0.39, 0.29) is 32.4 Å². The molecular weight excluding hydrogens is 496 g/mol. The van der Waals surface area contributed by atoms with Crippen molar-refractivity contribution in [2.45, 2.75) is 50.8 Å². The van der Waals surface area contributed by atoms with Crippen LogP contribution >= 0.6 is 0 Å². The van der Waals surface area contributed by atoms with Crippen LogP contribution in [0.3, 0.4) is 0 Å². The van der Waals surface area contributed by atoms with Crippen LogP contribution in [0.15, 0.2) is 30.3 Å². The topological polar surface area (TPSA) is 232 Å². The number of unbranched alkanes of at least 4 members (excludes halogenated alkanes) is 1. The summed E-state index contributed by atoms with van der Waals surface area (Å²) in [6, 6.07) is 4.54. The van der Waals surface area contributed by atoms with Crippen molar-refractivity contribution in [2.24, 2.45) is 0 Å². The average molecular weight is 526 g/mol. The molecular formula is C22H30N4O11. The summed E-state index contributed by atoms with van der Waals surface area (Å²) in [5.41, 5.74) is 2.14. The van der Waals surface area contributed by atoms with E-state index >= 15 is 0 Å². The number of amides is 4. The molecule has 1 unspecified atom stereocenters. The van der Waals surface area contributed by atoms with Gasteiger partial charge < -0.3 is 35.6 Å². The number of hydroxylamine groups is 1. The number of carbonyl (C=O) groups is 6. The van der Waals surface area contributed by atoms with Crippen molar-refractivity contribution < 1.29 is 54.0 Å². The molecule has 204 valence electrons. The summed E-state index contributed by atoms with van der Waals surface area (Å²) in [7, 11) is 0. The minimum absolute atomic E-state index is 0.0640. The fraction of sp³-hybridized carbons (Fsp3) is 0.455. The zero-order chi connectivity index (χ0) is 27.8. The van der Waals surface area contributed by atoms with E-state index < -0.39 is 67.4 Å². The smallest absolute Gasteiger partial charge is 0.407 e. The molecule has 15 nitrogen and oxygen atoms in total. The Balaban J connectivity index is 2.70. The van der Waals surface area contributed by atoms with Crippen LogP contribution in [0, 0.1) is 0 Å². The Kier molecular flexibility index (Phi) is 13.5. The minimum Gasteiger partial charge on any atom is -0.481 e. The number of alkyl carbamates (subject to hydrolysis) is 1. The number of benzene rings is 1. The Labute approximate surface area is 211 Å². The molecule has 0 spiro atoms. The molecule has 37 heavy (non-hydrogen) atoms. The van der Waals surface area contributed by atoms with E-state index in [1.54, 1.807) is 24.3 Å². The van der Waals surface area contributed by atoms with Gasteiger partial charge in [-0.25, -0.2) is 19.9 Å². The molecule has 0 radical (unpaired) electrons. The van der Waals surface area contributed by atoms with Crippen molar-refractivity contribution in [3.8, 4) is 0 Å². The second kappa shape index (κ2) is 16.3. The second-order valence-corrected chi connectivity index (χ2v) is 7.77. The molecule has 0 bridgehead atoms. The zero-order valence-electron chi connectivity index (χ0n) is 19.8. The van der Waals surface area contributed by atoms with Crippen molar-refractivity contribution in [3.05, 3.63) is 35.9 Å². The lowest BCUT2D eigenvalue weighted by Crippen LogP contribution is -2.56. The Morgan fingerprint density at radius 2 is 1.59 bits per heavy atom. The molecule has 0 aliphatic rings. The molecule has 0 aliphatic heterocycles. The van der Waals surface area contributed by atoms with Gasteiger partial charge in [0.1, 0.15) is 25.2 Å². The van der Waals surface area contributed by atoms with Gasteiger partial charge in [0.25, 0.3) is 5.91 Å². The first-order valence-corrected chi connectivity index (χ1v) is 11.2. The van der Waals surface area contributed by atoms with Crippen molar-refractivity contribution in [2.75, 3.05) is 13.1 Å². The highest BCUT2D eigenvalue weighted by Gasteiger charge is 2.33. The molecule has 4 amide bonds. The van der Waals surface area contributed by atoms with Crippen molar-refractivity contribution in [1.29, 1.82) is 0 Å². The second-order valence-electron chi connectivity index (χ2n) is 7.77. The summed E-state index contributed by atoms with van der Waals surface area (Å²) in [5.74, 6) is -5.51. The van der Waals surface area contributed by atoms with Gasteiger partial charge in [-0.3, -0.25) is 19.6 Å². The predicted octanol–water partition coefficient (Wildman–Crippen LogP) is 0.371. The summed E-state index contributed by atoms with van der Waals surface area (Å²) in [5, 5.41) is 40.8. The standard InChI is InChI=1S/C22H30N4O11/c27-17(28)10-9-15(20(32)33)24-21(34)26(12-18(29)30)16(19(31)25-36)8-4-5-11-23-22(35)37-13-14-6-2-1-3-7-14/h1-3,6-7,15-16,36H,4-5,8-13H2,(H,23,35)(H,24,34)(H,25,31)(H,27,28)(H,29,30)(H,32,33)/t15-,16?/m0/s1. The molecule has 1 aromatic carbocycles. The molecule has 1 rings (SSSR count). The molecule has 0 aliphatic carbocycles. The SMILES string of the molecule is O=C(O)CC[C@H](NC(=O)N(CC(=O)O)C(CCCCNC(=O)OCc1ccccc1)C(=O)NO)C(=O)O. The number of hydrogen-bond donors (Lipinski definition) is 7. The van der Waals surface area contributed by atoms with Gasteiger partial charge in [0.05, 0.1) is 0 Å². The number of nitrogens with zero attached hydrogens (tertiary/aromatic N) is 1. The van der Waals surface area contributed by atoms with Gasteiger partial charge in [-0.05, 0) is 31.2 Å². The number of ether oxygens (including phenoxy) is 1. The first-order chi connectivity index (χ1) is 17.5. The van der Waals surface area contributed by atoms with E-state index in [0.717, 1.165) is 5.56 Å². The molecule has 0 heterocycles. The van der Waals surface area contributed by atoms with E-state index in [0.29, 0.717) is 4.90 Å². The minimum atomic E-state index is -1.66. The molecule has 1 aromatic rings. The number of rotatable bonds is 16. The molecule has 0 aromatic heterocycles. The Hall–Kier alpha value is -4.40. The lowest BCUT2D eigenvalue weighted by Gasteiger charge is -2.30. The summed E-state index contributed by atoms with van der Waals surface area (Å²) < 4.78 is 5.06. The third-order valence-corrected chi connectivity index (χ3v) is 4.98. The largest absolute Gasteiger partial charge is 0.481 e. The van der Waals surface area contributed by atoms with E-state index in [1.165, 1.54) is 5.48 Å². The zero-order valence-corrected chi connectivity index (χ0v) is 19.8. The van der Waals surface area contributed by atoms with Gasteiger partial charge in [0, 0.05) is 13.0 Å².